The van der Waals surface area contributed by atoms with Crippen LogP contribution in [-0.2, 0) is 9.47 Å². The molecule has 2 saturated heterocycles. The van der Waals surface area contributed by atoms with Crippen LogP contribution in [0.2, 0.25) is 0 Å². The van der Waals surface area contributed by atoms with Gasteiger partial charge in [0, 0.05) is 11.6 Å². The number of carbonyl (C=O) groups excluding carboxylic acids is 1. The lowest BCUT2D eigenvalue weighted by Gasteiger charge is -2.40. The molecule has 0 bridgehead atoms. The number of methoxy groups -OCH3 is 2. The van der Waals surface area contributed by atoms with Gasteiger partial charge >= 0.3 is 0 Å². The van der Waals surface area contributed by atoms with Gasteiger partial charge in [0.05, 0.1) is 38.9 Å². The van der Waals surface area contributed by atoms with Gasteiger partial charge in [-0.1, -0.05) is 6.07 Å². The van der Waals surface area contributed by atoms with E-state index in [1.165, 1.54) is 44.6 Å². The molecule has 3 aliphatic heterocycles. The quantitative estimate of drug-likeness (QED) is 0.140. The molecule has 0 amide bonds. The lowest BCUT2D eigenvalue weighted by atomic mass is 9.88. The molecule has 16 nitrogen and oxygen atoms in total. The zero-order chi connectivity index (χ0) is 32.6. The van der Waals surface area contributed by atoms with Crippen LogP contribution in [0.15, 0.2) is 30.3 Å². The number of benzene rings is 2. The fourth-order valence-electron chi connectivity index (χ4n) is 5.46. The van der Waals surface area contributed by atoms with Crippen LogP contribution >= 0.6 is 0 Å². The largest absolute Gasteiger partial charge is 0.493 e. The molecular weight excluding hydrogens is 604 g/mol. The first-order valence-corrected chi connectivity index (χ1v) is 14.0. The molecule has 0 saturated carbocycles. The van der Waals surface area contributed by atoms with Gasteiger partial charge in [-0.05, 0) is 18.2 Å². The summed E-state index contributed by atoms with van der Waals surface area (Å²) in [6.07, 6.45) is -15.4. The minimum absolute atomic E-state index is 0.0360. The Kier molecular flexibility index (Phi) is 10.00. The highest BCUT2D eigenvalue weighted by atomic mass is 16.7. The Morgan fingerprint density at radius 2 is 1.33 bits per heavy atom. The Labute approximate surface area is 256 Å². The van der Waals surface area contributed by atoms with Crippen LogP contribution in [0.5, 0.6) is 28.7 Å². The highest BCUT2D eigenvalue weighted by molar-refractivity contribution is 6.04. The Bertz CT molecular complexity index is 1350. The van der Waals surface area contributed by atoms with E-state index in [0.717, 1.165) is 0 Å². The number of Topliss-reactive ketones (excluding diaryl/α,β-unsaturated/α-hetero) is 1. The predicted octanol–water partition coefficient (Wildman–Crippen LogP) is -2.58. The van der Waals surface area contributed by atoms with Gasteiger partial charge in [0.2, 0.25) is 18.3 Å². The molecule has 2 aromatic rings. The first-order valence-electron chi connectivity index (χ1n) is 14.0. The number of carbonyl (C=O) groups is 1. The molecule has 16 heteroatoms. The third-order valence-corrected chi connectivity index (χ3v) is 8.03. The van der Waals surface area contributed by atoms with Crippen LogP contribution < -0.4 is 23.7 Å². The van der Waals surface area contributed by atoms with E-state index in [0.29, 0.717) is 0 Å². The van der Waals surface area contributed by atoms with Crippen molar-refractivity contribution in [2.45, 2.75) is 67.3 Å². The molecule has 2 aromatic carbocycles. The molecule has 3 heterocycles. The Balaban J connectivity index is 1.42. The van der Waals surface area contributed by atoms with Gasteiger partial charge in [0.1, 0.15) is 66.9 Å². The third-order valence-electron chi connectivity index (χ3n) is 8.03. The predicted molar refractivity (Wildman–Crippen MR) is 147 cm³/mol. The topological polar surface area (TPSA) is 244 Å². The SMILES string of the molecule is COc1ccc(C2COc3cc(O[C@@H]4O[C@H](CO)[C@@H](O)[C@H](O)[C@H]4O)ccc3C2=O)c(O[C@@H]2O[C@H](CO)[C@@H](O)[C@H](O)[C@H]2O)c1OC. The summed E-state index contributed by atoms with van der Waals surface area (Å²) in [7, 11) is 2.71. The van der Waals surface area contributed by atoms with Crippen molar-refractivity contribution in [3.05, 3.63) is 41.5 Å². The van der Waals surface area contributed by atoms with Crippen molar-refractivity contribution in [2.24, 2.45) is 0 Å². The van der Waals surface area contributed by atoms with Gasteiger partial charge in [-0.2, -0.15) is 0 Å². The molecule has 3 aliphatic rings. The van der Waals surface area contributed by atoms with Crippen LogP contribution in [0.3, 0.4) is 0 Å². The van der Waals surface area contributed by atoms with Crippen LogP contribution in [0.4, 0.5) is 0 Å². The second-order valence-electron chi connectivity index (χ2n) is 10.7. The maximum Gasteiger partial charge on any atom is 0.229 e. The summed E-state index contributed by atoms with van der Waals surface area (Å²) in [6.45, 7) is -1.51. The molecular formula is C29H36O16. The molecule has 45 heavy (non-hydrogen) atoms. The zero-order valence-corrected chi connectivity index (χ0v) is 24.2. The van der Waals surface area contributed by atoms with Crippen molar-refractivity contribution in [3.8, 4) is 28.7 Å². The lowest BCUT2D eigenvalue weighted by Crippen LogP contribution is -2.60. The fourth-order valence-corrected chi connectivity index (χ4v) is 5.46. The molecule has 0 radical (unpaired) electrons. The maximum absolute atomic E-state index is 13.8. The fraction of sp³-hybridized carbons (Fsp3) is 0.552. The average Bonchev–Trinajstić information content (AvgIpc) is 3.05. The molecule has 8 N–H and O–H groups in total. The monoisotopic (exact) mass is 640 g/mol. The van der Waals surface area contributed by atoms with E-state index in [9.17, 15) is 45.6 Å². The van der Waals surface area contributed by atoms with Gasteiger partial charge in [0.15, 0.2) is 17.3 Å². The summed E-state index contributed by atoms with van der Waals surface area (Å²) in [6, 6.07) is 7.28. The van der Waals surface area contributed by atoms with Crippen molar-refractivity contribution in [3.63, 3.8) is 0 Å². The average molecular weight is 641 g/mol. The van der Waals surface area contributed by atoms with Crippen molar-refractivity contribution in [1.82, 2.24) is 0 Å². The highest BCUT2D eigenvalue weighted by Crippen LogP contribution is 2.46. The van der Waals surface area contributed by atoms with E-state index in [4.69, 9.17) is 33.2 Å². The second kappa shape index (κ2) is 13.6. The summed E-state index contributed by atoms with van der Waals surface area (Å²) >= 11 is 0. The molecule has 0 aliphatic carbocycles. The highest BCUT2D eigenvalue weighted by Gasteiger charge is 2.47. The number of ketones is 1. The summed E-state index contributed by atoms with van der Waals surface area (Å²) in [4.78, 5) is 13.8. The van der Waals surface area contributed by atoms with Gasteiger partial charge < -0.3 is 74.0 Å². The smallest absolute Gasteiger partial charge is 0.229 e. The van der Waals surface area contributed by atoms with E-state index in [1.807, 2.05) is 0 Å². The number of fused-ring (bicyclic) bond motifs is 1. The van der Waals surface area contributed by atoms with Crippen molar-refractivity contribution in [1.29, 1.82) is 0 Å². The van der Waals surface area contributed by atoms with Gasteiger partial charge in [-0.3, -0.25) is 4.79 Å². The van der Waals surface area contributed by atoms with Gasteiger partial charge in [0.25, 0.3) is 0 Å². The summed E-state index contributed by atoms with van der Waals surface area (Å²) in [5, 5.41) is 80.4. The molecule has 11 atom stereocenters. The van der Waals surface area contributed by atoms with Crippen LogP contribution in [-0.4, -0.2) is 142 Å². The first kappa shape index (κ1) is 33.1. The minimum Gasteiger partial charge on any atom is -0.493 e. The number of hydrogen-bond donors (Lipinski definition) is 8. The van der Waals surface area contributed by atoms with Crippen molar-refractivity contribution in [2.75, 3.05) is 34.0 Å². The van der Waals surface area contributed by atoms with Gasteiger partial charge in [-0.25, -0.2) is 0 Å². The molecule has 2 fully saturated rings. The van der Waals surface area contributed by atoms with E-state index in [1.54, 1.807) is 0 Å². The first-order chi connectivity index (χ1) is 21.5. The number of aliphatic hydroxyl groups excluding tert-OH is 8. The summed E-state index contributed by atoms with van der Waals surface area (Å²) in [5.74, 6) is -0.975. The summed E-state index contributed by atoms with van der Waals surface area (Å²) < 4.78 is 39.3. The van der Waals surface area contributed by atoms with Crippen LogP contribution in [0, 0.1) is 0 Å². The molecule has 1 unspecified atom stereocenters. The Morgan fingerprint density at radius 1 is 0.733 bits per heavy atom. The number of hydrogen-bond acceptors (Lipinski definition) is 16. The maximum atomic E-state index is 13.8. The summed E-state index contributed by atoms with van der Waals surface area (Å²) in [5.41, 5.74) is 0.405. The van der Waals surface area contributed by atoms with E-state index in [-0.39, 0.29) is 46.5 Å². The lowest BCUT2D eigenvalue weighted by molar-refractivity contribution is -0.277. The number of aliphatic hydroxyl groups is 8. The Hall–Kier alpha value is -3.29. The number of rotatable bonds is 9. The molecule has 0 aromatic heterocycles. The van der Waals surface area contributed by atoms with Gasteiger partial charge in [-0.15, -0.1) is 0 Å². The molecule has 0 spiro atoms. The number of ether oxygens (including phenoxy) is 7. The van der Waals surface area contributed by atoms with Crippen LogP contribution in [0.25, 0.3) is 0 Å². The zero-order valence-electron chi connectivity index (χ0n) is 24.2. The Morgan fingerprint density at radius 3 is 1.89 bits per heavy atom. The molecule has 248 valence electrons. The normalized spacial score (nSPS) is 34.8. The van der Waals surface area contributed by atoms with E-state index in [2.05, 4.69) is 0 Å². The van der Waals surface area contributed by atoms with Crippen molar-refractivity contribution < 1.29 is 78.8 Å². The minimum atomic E-state index is -1.74. The molecule has 5 rings (SSSR count). The second-order valence-corrected chi connectivity index (χ2v) is 10.7. The van der Waals surface area contributed by atoms with Crippen LogP contribution in [0.1, 0.15) is 21.8 Å². The van der Waals surface area contributed by atoms with E-state index >= 15 is 0 Å². The van der Waals surface area contributed by atoms with Crippen molar-refractivity contribution >= 4 is 5.78 Å². The standard InChI is InChI=1S/C29H36O16/c1-39-15-6-5-12(26(27(15)40-2)45-29-25(38)23(36)21(34)18(9-31)44-29)14-10-41-16-7-11(3-4-13(16)19(14)32)42-28-24(37)22(35)20(33)17(8-30)43-28/h3-7,14,17-18,20-25,28-31,33-38H,8-10H2,1-2H3/t14?,17-,18-,20-,21-,22+,23+,24-,25-,28-,29+/m1/s1. The third kappa shape index (κ3) is 6.14. The van der Waals surface area contributed by atoms with E-state index < -0.39 is 86.3 Å².